The Hall–Kier alpha value is -4.40. The number of carboxylic acids is 1. The average molecular weight is 566 g/mol. The van der Waals surface area contributed by atoms with Crippen LogP contribution in [-0.2, 0) is 30.5 Å². The van der Waals surface area contributed by atoms with Crippen LogP contribution < -0.4 is 32.7 Å². The predicted octanol–water partition coefficient (Wildman–Crippen LogP) is -1.46. The van der Waals surface area contributed by atoms with Gasteiger partial charge in [0.2, 0.25) is 17.7 Å². The highest BCUT2D eigenvalue weighted by atomic mass is 16.5. The van der Waals surface area contributed by atoms with Crippen molar-refractivity contribution >= 4 is 35.7 Å². The molecule has 0 bridgehead atoms. The number of alkyl carbamates (subject to hydrolysis) is 1. The van der Waals surface area contributed by atoms with Crippen molar-refractivity contribution in [2.24, 2.45) is 22.4 Å². The average Bonchev–Trinajstić information content (AvgIpc) is 2.90. The quantitative estimate of drug-likeness (QED) is 0.0657. The number of nitrogens with zero attached hydrogens (tertiary/aromatic N) is 1. The summed E-state index contributed by atoms with van der Waals surface area (Å²) in [6.45, 7) is 4.05. The Balaban J connectivity index is 2.81. The van der Waals surface area contributed by atoms with Gasteiger partial charge in [-0.3, -0.25) is 19.4 Å². The molecule has 0 saturated heterocycles. The first kappa shape index (κ1) is 33.6. The molecule has 0 aromatic heterocycles. The molecule has 1 aromatic rings. The topological polar surface area (TPSA) is 248 Å². The van der Waals surface area contributed by atoms with Crippen molar-refractivity contribution in [1.82, 2.24) is 21.3 Å². The van der Waals surface area contributed by atoms with E-state index >= 15 is 0 Å². The maximum atomic E-state index is 12.9. The van der Waals surface area contributed by atoms with Crippen LogP contribution in [0, 0.1) is 5.92 Å². The largest absolute Gasteiger partial charge is 0.480 e. The summed E-state index contributed by atoms with van der Waals surface area (Å²) < 4.78 is 5.17. The lowest BCUT2D eigenvalue weighted by Gasteiger charge is -2.25. The number of benzene rings is 1. The lowest BCUT2D eigenvalue weighted by atomic mass is 10.0. The molecule has 1 aromatic carbocycles. The van der Waals surface area contributed by atoms with Crippen molar-refractivity contribution < 1.29 is 38.9 Å². The molecule has 10 N–H and O–H groups in total. The van der Waals surface area contributed by atoms with Crippen LogP contribution in [0.1, 0.15) is 39.2 Å². The number of guanidine groups is 1. The van der Waals surface area contributed by atoms with Gasteiger partial charge in [-0.15, -0.1) is 0 Å². The standard InChI is InChI=1S/C25H39N7O8/c1-14(2)19(32-25(39)40-13-16-8-5-4-6-9-16)22(36)29-15(3)20(34)30-17(10-7-11-28-24(26)27)21(35)31-18(12-33)23(37)38/h4-6,8-9,14-15,17-19,33H,7,10-13H2,1-3H3,(H,29,36)(H,30,34)(H,31,35)(H,32,39)(H,37,38)(H4,26,27,28)/t15-,17-,18-,19-/m0/s1. The number of aliphatic hydroxyl groups is 1. The van der Waals surface area contributed by atoms with Gasteiger partial charge < -0.3 is 47.7 Å². The molecule has 0 radical (unpaired) electrons. The van der Waals surface area contributed by atoms with E-state index in [1.807, 2.05) is 6.07 Å². The molecule has 40 heavy (non-hydrogen) atoms. The molecule has 15 heteroatoms. The number of ether oxygens (including phenoxy) is 1. The van der Waals surface area contributed by atoms with Crippen LogP contribution in [0.5, 0.6) is 0 Å². The highest BCUT2D eigenvalue weighted by Crippen LogP contribution is 2.06. The predicted molar refractivity (Wildman–Crippen MR) is 144 cm³/mol. The van der Waals surface area contributed by atoms with Gasteiger partial charge in [-0.2, -0.15) is 0 Å². The van der Waals surface area contributed by atoms with E-state index in [0.29, 0.717) is 0 Å². The zero-order chi connectivity index (χ0) is 30.2. The third-order valence-electron chi connectivity index (χ3n) is 5.56. The van der Waals surface area contributed by atoms with Gasteiger partial charge in [0, 0.05) is 6.54 Å². The summed E-state index contributed by atoms with van der Waals surface area (Å²) in [5.41, 5.74) is 11.3. The zero-order valence-electron chi connectivity index (χ0n) is 22.8. The molecule has 0 spiro atoms. The van der Waals surface area contributed by atoms with Gasteiger partial charge in [-0.1, -0.05) is 44.2 Å². The van der Waals surface area contributed by atoms with Gasteiger partial charge in [0.05, 0.1) is 6.61 Å². The Morgan fingerprint density at radius 2 is 1.52 bits per heavy atom. The highest BCUT2D eigenvalue weighted by molar-refractivity contribution is 5.94. The summed E-state index contributed by atoms with van der Waals surface area (Å²) >= 11 is 0. The molecule has 4 amide bonds. The van der Waals surface area contributed by atoms with Crippen molar-refractivity contribution in [3.8, 4) is 0 Å². The number of hydrogen-bond donors (Lipinski definition) is 8. The van der Waals surface area contributed by atoms with Gasteiger partial charge in [-0.05, 0) is 31.2 Å². The summed E-state index contributed by atoms with van der Waals surface area (Å²) in [4.78, 5) is 65.7. The van der Waals surface area contributed by atoms with E-state index in [1.54, 1.807) is 38.1 Å². The summed E-state index contributed by atoms with van der Waals surface area (Å²) in [7, 11) is 0. The summed E-state index contributed by atoms with van der Waals surface area (Å²) in [5.74, 6) is -4.25. The van der Waals surface area contributed by atoms with E-state index in [-0.39, 0.29) is 37.9 Å². The minimum atomic E-state index is -1.58. The lowest BCUT2D eigenvalue weighted by Crippen LogP contribution is -2.58. The second-order valence-corrected chi connectivity index (χ2v) is 9.25. The van der Waals surface area contributed by atoms with Crippen molar-refractivity contribution in [3.63, 3.8) is 0 Å². The van der Waals surface area contributed by atoms with Crippen LogP contribution in [0.2, 0.25) is 0 Å². The van der Waals surface area contributed by atoms with E-state index < -0.39 is 60.6 Å². The van der Waals surface area contributed by atoms with Crippen molar-refractivity contribution in [2.45, 2.75) is 64.4 Å². The molecule has 0 unspecified atom stereocenters. The number of carbonyl (C=O) groups excluding carboxylic acids is 4. The minimum absolute atomic E-state index is 0.00354. The SMILES string of the molecule is CC(C)[C@H](NC(=O)OCc1ccccc1)C(=O)N[C@@H](C)C(=O)N[C@@H](CCCN=C(N)N)C(=O)N[C@@H](CO)C(=O)O. The Labute approximate surface area is 232 Å². The number of nitrogens with two attached hydrogens (primary N) is 2. The van der Waals surface area contributed by atoms with Crippen molar-refractivity contribution in [2.75, 3.05) is 13.2 Å². The van der Waals surface area contributed by atoms with E-state index in [2.05, 4.69) is 26.3 Å². The second kappa shape index (κ2) is 17.2. The number of aliphatic imine (C=N–C) groups is 1. The molecule has 0 aliphatic carbocycles. The molecule has 1 rings (SSSR count). The van der Waals surface area contributed by atoms with E-state index in [4.69, 9.17) is 21.3 Å². The van der Waals surface area contributed by atoms with E-state index in [1.165, 1.54) is 6.92 Å². The lowest BCUT2D eigenvalue weighted by molar-refractivity contribution is -0.143. The van der Waals surface area contributed by atoms with Gasteiger partial charge >= 0.3 is 12.1 Å². The number of aliphatic hydroxyl groups excluding tert-OH is 1. The Morgan fingerprint density at radius 1 is 0.900 bits per heavy atom. The molecule has 0 aliphatic rings. The fraction of sp³-hybridized carbons (Fsp3) is 0.520. The third-order valence-corrected chi connectivity index (χ3v) is 5.56. The first-order valence-electron chi connectivity index (χ1n) is 12.6. The highest BCUT2D eigenvalue weighted by Gasteiger charge is 2.30. The summed E-state index contributed by atoms with van der Waals surface area (Å²) in [6.07, 6.45) is -0.543. The molecule has 222 valence electrons. The molecule has 0 saturated carbocycles. The molecule has 0 heterocycles. The number of hydrogen-bond acceptors (Lipinski definition) is 8. The van der Waals surface area contributed by atoms with Crippen molar-refractivity contribution in [1.29, 1.82) is 0 Å². The van der Waals surface area contributed by atoms with Crippen molar-refractivity contribution in [3.05, 3.63) is 35.9 Å². The molecular weight excluding hydrogens is 526 g/mol. The number of amides is 4. The van der Waals surface area contributed by atoms with E-state index in [9.17, 15) is 29.1 Å². The number of nitrogens with one attached hydrogen (secondary N) is 4. The molecule has 15 nitrogen and oxygen atoms in total. The van der Waals surface area contributed by atoms with Crippen LogP contribution in [0.15, 0.2) is 35.3 Å². The Bertz CT molecular complexity index is 1030. The number of rotatable bonds is 16. The normalized spacial score (nSPS) is 13.6. The molecule has 0 aliphatic heterocycles. The summed E-state index contributed by atoms with van der Waals surface area (Å²) in [5, 5.41) is 27.9. The first-order chi connectivity index (χ1) is 18.8. The smallest absolute Gasteiger partial charge is 0.408 e. The number of carboxylic acid groups (broad SMARTS) is 1. The zero-order valence-corrected chi connectivity index (χ0v) is 22.8. The molecule has 0 fully saturated rings. The third kappa shape index (κ3) is 12.4. The van der Waals surface area contributed by atoms with Crippen LogP contribution in [-0.4, -0.2) is 83.3 Å². The van der Waals surface area contributed by atoms with E-state index in [0.717, 1.165) is 5.56 Å². The minimum Gasteiger partial charge on any atom is -0.480 e. The molecular formula is C25H39N7O8. The van der Waals surface area contributed by atoms with Gasteiger partial charge in [0.15, 0.2) is 5.96 Å². The van der Waals surface area contributed by atoms with Gasteiger partial charge in [0.1, 0.15) is 30.8 Å². The fourth-order valence-electron chi connectivity index (χ4n) is 3.32. The number of carbonyl (C=O) groups is 5. The Morgan fingerprint density at radius 3 is 2.08 bits per heavy atom. The van der Waals surface area contributed by atoms with Gasteiger partial charge in [-0.25, -0.2) is 9.59 Å². The maximum absolute atomic E-state index is 12.9. The second-order valence-electron chi connectivity index (χ2n) is 9.25. The van der Waals surface area contributed by atoms with Gasteiger partial charge in [0.25, 0.3) is 0 Å². The fourth-order valence-corrected chi connectivity index (χ4v) is 3.32. The Kier molecular flexibility index (Phi) is 14.5. The number of aliphatic carboxylic acids is 1. The molecule has 4 atom stereocenters. The first-order valence-corrected chi connectivity index (χ1v) is 12.6. The van der Waals surface area contributed by atoms with Crippen LogP contribution in [0.25, 0.3) is 0 Å². The van der Waals surface area contributed by atoms with Crippen LogP contribution >= 0.6 is 0 Å². The monoisotopic (exact) mass is 565 g/mol. The van der Waals surface area contributed by atoms with Crippen LogP contribution in [0.4, 0.5) is 4.79 Å². The summed E-state index contributed by atoms with van der Waals surface area (Å²) in [6, 6.07) is 3.99. The van der Waals surface area contributed by atoms with Crippen LogP contribution in [0.3, 0.4) is 0 Å². The maximum Gasteiger partial charge on any atom is 0.408 e.